The van der Waals surface area contributed by atoms with Crippen LogP contribution in [0.2, 0.25) is 0 Å². The van der Waals surface area contributed by atoms with Gasteiger partial charge in [0.15, 0.2) is 0 Å². The van der Waals surface area contributed by atoms with Gasteiger partial charge < -0.3 is 4.57 Å². The third kappa shape index (κ3) is 1.92. The van der Waals surface area contributed by atoms with Gasteiger partial charge in [-0.15, -0.1) is 0 Å². The maximum Gasteiger partial charge on any atom is 0.0571 e. The van der Waals surface area contributed by atoms with Crippen molar-refractivity contribution in [3.05, 3.63) is 96.1 Å². The fraction of sp³-hybridized carbons (Fsp3) is 0.103. The highest BCUT2D eigenvalue weighted by Crippen LogP contribution is 2.46. The fourth-order valence-electron chi connectivity index (χ4n) is 5.75. The molecule has 0 saturated heterocycles. The van der Waals surface area contributed by atoms with E-state index in [1.165, 1.54) is 65.6 Å². The lowest BCUT2D eigenvalue weighted by atomic mass is 9.99. The second kappa shape index (κ2) is 5.73. The predicted octanol–water partition coefficient (Wildman–Crippen LogP) is 7.69. The van der Waals surface area contributed by atoms with Crippen LogP contribution in [0.3, 0.4) is 0 Å². The SMILES string of the molecule is CCn1c2ccc3c(c2c2ccc4ccccc4c21)Cc1c-3ccc2ccccc12. The minimum absolute atomic E-state index is 0.975. The highest BCUT2D eigenvalue weighted by molar-refractivity contribution is 6.20. The van der Waals surface area contributed by atoms with Crippen LogP contribution in [-0.4, -0.2) is 4.57 Å². The van der Waals surface area contributed by atoms with Crippen molar-refractivity contribution in [2.75, 3.05) is 0 Å². The second-order valence-corrected chi connectivity index (χ2v) is 8.40. The summed E-state index contributed by atoms with van der Waals surface area (Å²) in [5, 5.41) is 8.22. The molecule has 1 nitrogen and oxygen atoms in total. The number of benzene rings is 5. The molecule has 0 aliphatic heterocycles. The first-order chi connectivity index (χ1) is 14.8. The first-order valence-electron chi connectivity index (χ1n) is 10.8. The lowest BCUT2D eigenvalue weighted by Gasteiger charge is -2.07. The molecular weight excluding hydrogens is 362 g/mol. The highest BCUT2D eigenvalue weighted by atomic mass is 15.0. The number of aromatic nitrogens is 1. The molecule has 6 aromatic rings. The molecule has 1 aliphatic carbocycles. The molecule has 5 aromatic carbocycles. The number of rotatable bonds is 1. The average molecular weight is 383 g/mol. The molecule has 1 heterocycles. The van der Waals surface area contributed by atoms with Gasteiger partial charge in [0.25, 0.3) is 0 Å². The summed E-state index contributed by atoms with van der Waals surface area (Å²) in [5.41, 5.74) is 8.52. The zero-order chi connectivity index (χ0) is 19.8. The normalized spacial score (nSPS) is 12.8. The van der Waals surface area contributed by atoms with Crippen molar-refractivity contribution < 1.29 is 0 Å². The van der Waals surface area contributed by atoms with E-state index < -0.39 is 0 Å². The van der Waals surface area contributed by atoms with Crippen LogP contribution in [-0.2, 0) is 13.0 Å². The van der Waals surface area contributed by atoms with Crippen molar-refractivity contribution in [3.8, 4) is 11.1 Å². The van der Waals surface area contributed by atoms with E-state index in [1.54, 1.807) is 0 Å². The van der Waals surface area contributed by atoms with E-state index in [4.69, 9.17) is 0 Å². The fourth-order valence-corrected chi connectivity index (χ4v) is 5.75. The molecule has 0 radical (unpaired) electrons. The van der Waals surface area contributed by atoms with Crippen LogP contribution in [0, 0.1) is 0 Å². The van der Waals surface area contributed by atoms with Crippen LogP contribution in [0.5, 0.6) is 0 Å². The van der Waals surface area contributed by atoms with Crippen molar-refractivity contribution in [2.24, 2.45) is 0 Å². The molecular formula is C29H21N. The molecule has 1 aliphatic rings. The summed E-state index contributed by atoms with van der Waals surface area (Å²) in [5.74, 6) is 0. The van der Waals surface area contributed by atoms with Gasteiger partial charge in [0, 0.05) is 28.2 Å². The molecule has 0 atom stereocenters. The Labute approximate surface area is 175 Å². The molecule has 0 N–H and O–H groups in total. The van der Waals surface area contributed by atoms with Crippen molar-refractivity contribution in [1.29, 1.82) is 0 Å². The third-order valence-electron chi connectivity index (χ3n) is 7.02. The number of hydrogen-bond acceptors (Lipinski definition) is 0. The summed E-state index contributed by atoms with van der Waals surface area (Å²) in [6.07, 6.45) is 1.01. The van der Waals surface area contributed by atoms with Gasteiger partial charge in [0.2, 0.25) is 0 Å². The molecule has 0 bridgehead atoms. The summed E-state index contributed by atoms with van der Waals surface area (Å²) in [6, 6.07) is 31.5. The predicted molar refractivity (Wildman–Crippen MR) is 128 cm³/mol. The van der Waals surface area contributed by atoms with Gasteiger partial charge in [-0.3, -0.25) is 0 Å². The topological polar surface area (TPSA) is 4.93 Å². The van der Waals surface area contributed by atoms with Gasteiger partial charge >= 0.3 is 0 Å². The average Bonchev–Trinajstić information content (AvgIpc) is 3.34. The smallest absolute Gasteiger partial charge is 0.0571 e. The Morgan fingerprint density at radius 2 is 1.30 bits per heavy atom. The minimum Gasteiger partial charge on any atom is -0.340 e. The lowest BCUT2D eigenvalue weighted by molar-refractivity contribution is 0.829. The molecule has 1 heteroatoms. The zero-order valence-corrected chi connectivity index (χ0v) is 16.9. The van der Waals surface area contributed by atoms with Gasteiger partial charge in [-0.1, -0.05) is 78.9 Å². The maximum atomic E-state index is 2.51. The standard InChI is InChI=1S/C29H21N/c1-2-30-27-16-15-23-22-13-11-18-7-3-5-9-20(18)25(22)17-26(23)28(27)24-14-12-19-8-4-6-10-21(19)29(24)30/h3-16H,2,17H2,1H3. The van der Waals surface area contributed by atoms with Gasteiger partial charge in [-0.2, -0.15) is 0 Å². The van der Waals surface area contributed by atoms with Crippen molar-refractivity contribution in [2.45, 2.75) is 19.9 Å². The molecule has 142 valence electrons. The molecule has 0 saturated carbocycles. The van der Waals surface area contributed by atoms with E-state index in [-0.39, 0.29) is 0 Å². The van der Waals surface area contributed by atoms with E-state index in [2.05, 4.69) is 96.4 Å². The van der Waals surface area contributed by atoms with Crippen LogP contribution in [0.15, 0.2) is 84.9 Å². The summed E-state index contributed by atoms with van der Waals surface area (Å²) < 4.78 is 2.51. The van der Waals surface area contributed by atoms with Gasteiger partial charge in [0.05, 0.1) is 5.52 Å². The lowest BCUT2D eigenvalue weighted by Crippen LogP contribution is -1.94. The van der Waals surface area contributed by atoms with Gasteiger partial charge in [-0.25, -0.2) is 0 Å². The van der Waals surface area contributed by atoms with E-state index in [0.29, 0.717) is 0 Å². The van der Waals surface area contributed by atoms with E-state index in [9.17, 15) is 0 Å². The number of nitrogens with zero attached hydrogens (tertiary/aromatic N) is 1. The first kappa shape index (κ1) is 16.2. The Bertz CT molecular complexity index is 1650. The Hall–Kier alpha value is -3.58. The molecule has 0 amide bonds. The van der Waals surface area contributed by atoms with Crippen molar-refractivity contribution in [1.82, 2.24) is 4.57 Å². The van der Waals surface area contributed by atoms with Gasteiger partial charge in [-0.05, 0) is 57.8 Å². The first-order valence-corrected chi connectivity index (χ1v) is 10.8. The van der Waals surface area contributed by atoms with Crippen LogP contribution in [0.4, 0.5) is 0 Å². The minimum atomic E-state index is 0.975. The molecule has 7 rings (SSSR count). The summed E-state index contributed by atoms with van der Waals surface area (Å²) in [6.45, 7) is 3.23. The van der Waals surface area contributed by atoms with Crippen LogP contribution in [0.25, 0.3) is 54.5 Å². The number of hydrogen-bond donors (Lipinski definition) is 0. The third-order valence-corrected chi connectivity index (χ3v) is 7.02. The monoisotopic (exact) mass is 383 g/mol. The number of fused-ring (bicyclic) bond motifs is 11. The summed E-state index contributed by atoms with van der Waals surface area (Å²) >= 11 is 0. The molecule has 1 aromatic heterocycles. The molecule has 0 fully saturated rings. The van der Waals surface area contributed by atoms with E-state index in [0.717, 1.165) is 13.0 Å². The van der Waals surface area contributed by atoms with Crippen LogP contribution < -0.4 is 0 Å². The van der Waals surface area contributed by atoms with Gasteiger partial charge in [0.1, 0.15) is 0 Å². The Morgan fingerprint density at radius 3 is 2.13 bits per heavy atom. The maximum absolute atomic E-state index is 2.51. The highest BCUT2D eigenvalue weighted by Gasteiger charge is 2.25. The van der Waals surface area contributed by atoms with E-state index >= 15 is 0 Å². The van der Waals surface area contributed by atoms with Crippen molar-refractivity contribution >= 4 is 43.4 Å². The Balaban J connectivity index is 1.63. The second-order valence-electron chi connectivity index (χ2n) is 8.40. The number of aryl methyl sites for hydroxylation is 1. The van der Waals surface area contributed by atoms with Crippen LogP contribution >= 0.6 is 0 Å². The molecule has 0 unspecified atom stereocenters. The van der Waals surface area contributed by atoms with Crippen LogP contribution in [0.1, 0.15) is 18.1 Å². The largest absolute Gasteiger partial charge is 0.340 e. The van der Waals surface area contributed by atoms with E-state index in [1.807, 2.05) is 0 Å². The Kier molecular flexibility index (Phi) is 3.10. The molecule has 30 heavy (non-hydrogen) atoms. The quantitative estimate of drug-likeness (QED) is 0.274. The Morgan fingerprint density at radius 1 is 0.633 bits per heavy atom. The zero-order valence-electron chi connectivity index (χ0n) is 16.9. The molecule has 0 spiro atoms. The summed E-state index contributed by atoms with van der Waals surface area (Å²) in [7, 11) is 0. The summed E-state index contributed by atoms with van der Waals surface area (Å²) in [4.78, 5) is 0. The van der Waals surface area contributed by atoms with Crippen molar-refractivity contribution in [3.63, 3.8) is 0 Å².